The van der Waals surface area contributed by atoms with Gasteiger partial charge in [-0.05, 0) is 39.3 Å². The largest absolute Gasteiger partial charge is 0.490 e. The molecule has 2 rings (SSSR count). The van der Waals surface area contributed by atoms with Gasteiger partial charge in [0.25, 0.3) is 0 Å². The molecule has 5 nitrogen and oxygen atoms in total. The van der Waals surface area contributed by atoms with Gasteiger partial charge in [0.1, 0.15) is 0 Å². The molecule has 1 saturated heterocycles. The van der Waals surface area contributed by atoms with Gasteiger partial charge in [0, 0.05) is 13.0 Å². The first-order valence-electron chi connectivity index (χ1n) is 8.37. The molecule has 0 aliphatic carbocycles. The van der Waals surface area contributed by atoms with Gasteiger partial charge in [-0.15, -0.1) is 0 Å². The van der Waals surface area contributed by atoms with Crippen molar-refractivity contribution in [3.8, 4) is 11.5 Å². The number of para-hydroxylation sites is 2. The molecule has 0 saturated carbocycles. The third-order valence-corrected chi connectivity index (χ3v) is 3.87. The van der Waals surface area contributed by atoms with Gasteiger partial charge >= 0.3 is 0 Å². The molecule has 2 unspecified atom stereocenters. The number of amides is 1. The Hall–Kier alpha value is -1.75. The van der Waals surface area contributed by atoms with Crippen LogP contribution in [-0.4, -0.2) is 49.3 Å². The molecule has 1 aromatic rings. The van der Waals surface area contributed by atoms with E-state index in [1.165, 1.54) is 0 Å². The second-order valence-corrected chi connectivity index (χ2v) is 5.87. The number of nitrogens with zero attached hydrogens (tertiary/aromatic N) is 1. The zero-order chi connectivity index (χ0) is 16.7. The Balaban J connectivity index is 1.76. The molecule has 1 fully saturated rings. The molecule has 2 atom stereocenters. The number of carbonyl (C=O) groups excluding carboxylic acids is 1. The normalized spacial score (nSPS) is 21.1. The molecule has 5 heteroatoms. The minimum atomic E-state index is 0.115. The smallest absolute Gasteiger partial charge is 0.223 e. The van der Waals surface area contributed by atoms with Gasteiger partial charge < -0.3 is 19.1 Å². The van der Waals surface area contributed by atoms with Crippen molar-refractivity contribution in [2.75, 3.05) is 26.4 Å². The number of carbonyl (C=O) groups is 1. The maximum atomic E-state index is 12.3. The van der Waals surface area contributed by atoms with E-state index in [-0.39, 0.29) is 18.1 Å². The van der Waals surface area contributed by atoms with E-state index in [1.54, 1.807) is 0 Å². The van der Waals surface area contributed by atoms with Crippen molar-refractivity contribution in [2.45, 2.75) is 45.8 Å². The summed E-state index contributed by atoms with van der Waals surface area (Å²) in [6.45, 7) is 8.37. The standard InChI is InChI=1S/C18H27NO4/c1-4-21-16-8-5-6-9-17(16)22-11-7-10-18(20)19-12-15(3)23-13-14(19)2/h5-6,8-9,14-15H,4,7,10-13H2,1-3H3. The minimum absolute atomic E-state index is 0.115. The van der Waals surface area contributed by atoms with Crippen molar-refractivity contribution < 1.29 is 19.0 Å². The number of hydrogen-bond acceptors (Lipinski definition) is 4. The van der Waals surface area contributed by atoms with Crippen LogP contribution < -0.4 is 9.47 Å². The van der Waals surface area contributed by atoms with Crippen LogP contribution in [0.5, 0.6) is 11.5 Å². The molecule has 1 aromatic carbocycles. The lowest BCUT2D eigenvalue weighted by Gasteiger charge is -2.36. The zero-order valence-corrected chi connectivity index (χ0v) is 14.3. The number of hydrogen-bond donors (Lipinski definition) is 0. The highest BCUT2D eigenvalue weighted by Gasteiger charge is 2.26. The first kappa shape index (κ1) is 17.6. The van der Waals surface area contributed by atoms with Crippen LogP contribution in [0.1, 0.15) is 33.6 Å². The average molecular weight is 321 g/mol. The molecular weight excluding hydrogens is 294 g/mol. The molecule has 0 radical (unpaired) electrons. The minimum Gasteiger partial charge on any atom is -0.490 e. The Morgan fingerprint density at radius 2 is 1.96 bits per heavy atom. The van der Waals surface area contributed by atoms with Crippen LogP contribution in [0.25, 0.3) is 0 Å². The topological polar surface area (TPSA) is 48.0 Å². The van der Waals surface area contributed by atoms with E-state index < -0.39 is 0 Å². The first-order chi connectivity index (χ1) is 11.1. The maximum absolute atomic E-state index is 12.3. The van der Waals surface area contributed by atoms with Gasteiger partial charge in [-0.3, -0.25) is 4.79 Å². The Labute approximate surface area is 138 Å². The monoisotopic (exact) mass is 321 g/mol. The Morgan fingerprint density at radius 1 is 1.26 bits per heavy atom. The highest BCUT2D eigenvalue weighted by Crippen LogP contribution is 2.26. The first-order valence-corrected chi connectivity index (χ1v) is 8.37. The van der Waals surface area contributed by atoms with Crippen LogP contribution in [-0.2, 0) is 9.53 Å². The summed E-state index contributed by atoms with van der Waals surface area (Å²) in [6, 6.07) is 7.76. The van der Waals surface area contributed by atoms with Gasteiger partial charge in [-0.1, -0.05) is 12.1 Å². The second kappa shape index (κ2) is 8.77. The fourth-order valence-electron chi connectivity index (χ4n) is 2.64. The van der Waals surface area contributed by atoms with Gasteiger partial charge in [0.2, 0.25) is 5.91 Å². The summed E-state index contributed by atoms with van der Waals surface area (Å²) in [6.07, 6.45) is 1.30. The van der Waals surface area contributed by atoms with Gasteiger partial charge in [-0.25, -0.2) is 0 Å². The third-order valence-electron chi connectivity index (χ3n) is 3.87. The molecule has 1 heterocycles. The molecule has 0 N–H and O–H groups in total. The number of morpholine rings is 1. The summed E-state index contributed by atoms with van der Waals surface area (Å²) >= 11 is 0. The van der Waals surface area contributed by atoms with Crippen LogP contribution in [0.15, 0.2) is 24.3 Å². The molecule has 0 aromatic heterocycles. The summed E-state index contributed by atoms with van der Waals surface area (Å²) in [4.78, 5) is 14.2. The van der Waals surface area contributed by atoms with Crippen molar-refractivity contribution in [3.05, 3.63) is 24.3 Å². The van der Waals surface area contributed by atoms with Crippen LogP contribution in [0.4, 0.5) is 0 Å². The molecule has 1 aliphatic heterocycles. The van der Waals surface area contributed by atoms with Gasteiger partial charge in [0.05, 0.1) is 32.0 Å². The third kappa shape index (κ3) is 5.13. The van der Waals surface area contributed by atoms with Crippen molar-refractivity contribution in [1.82, 2.24) is 4.90 Å². The van der Waals surface area contributed by atoms with Crippen molar-refractivity contribution in [2.24, 2.45) is 0 Å². The SMILES string of the molecule is CCOc1ccccc1OCCCC(=O)N1CC(C)OCC1C. The molecule has 128 valence electrons. The van der Waals surface area contributed by atoms with E-state index in [9.17, 15) is 4.79 Å². The summed E-state index contributed by atoms with van der Waals surface area (Å²) in [5.41, 5.74) is 0. The van der Waals surface area contributed by atoms with Crippen LogP contribution >= 0.6 is 0 Å². The molecule has 1 aliphatic rings. The summed E-state index contributed by atoms with van der Waals surface area (Å²) in [5, 5.41) is 0. The molecule has 0 spiro atoms. The van der Waals surface area contributed by atoms with E-state index >= 15 is 0 Å². The van der Waals surface area contributed by atoms with Crippen LogP contribution in [0.2, 0.25) is 0 Å². The molecular formula is C18H27NO4. The predicted molar refractivity (Wildman–Crippen MR) is 88.9 cm³/mol. The van der Waals surface area contributed by atoms with Crippen molar-refractivity contribution >= 4 is 5.91 Å². The molecule has 23 heavy (non-hydrogen) atoms. The molecule has 0 bridgehead atoms. The maximum Gasteiger partial charge on any atom is 0.223 e. The fourth-order valence-corrected chi connectivity index (χ4v) is 2.64. The van der Waals surface area contributed by atoms with Crippen molar-refractivity contribution in [3.63, 3.8) is 0 Å². The summed E-state index contributed by atoms with van der Waals surface area (Å²) in [5.74, 6) is 1.65. The quantitative estimate of drug-likeness (QED) is 0.725. The number of benzene rings is 1. The Morgan fingerprint density at radius 3 is 2.65 bits per heavy atom. The lowest BCUT2D eigenvalue weighted by molar-refractivity contribution is -0.143. The van der Waals surface area contributed by atoms with Gasteiger partial charge in [-0.2, -0.15) is 0 Å². The zero-order valence-electron chi connectivity index (χ0n) is 14.3. The number of rotatable bonds is 7. The summed E-state index contributed by atoms with van der Waals surface area (Å²) in [7, 11) is 0. The average Bonchev–Trinajstić information content (AvgIpc) is 2.55. The van der Waals surface area contributed by atoms with Crippen LogP contribution in [0.3, 0.4) is 0 Å². The van der Waals surface area contributed by atoms with Gasteiger partial charge in [0.15, 0.2) is 11.5 Å². The number of ether oxygens (including phenoxy) is 3. The van der Waals surface area contributed by atoms with Crippen LogP contribution in [0, 0.1) is 0 Å². The molecule has 1 amide bonds. The van der Waals surface area contributed by atoms with E-state index in [4.69, 9.17) is 14.2 Å². The van der Waals surface area contributed by atoms with Crippen molar-refractivity contribution in [1.29, 1.82) is 0 Å². The Kier molecular flexibility index (Phi) is 6.71. The fraction of sp³-hybridized carbons (Fsp3) is 0.611. The Bertz CT molecular complexity index is 506. The van der Waals surface area contributed by atoms with E-state index in [0.29, 0.717) is 39.2 Å². The van der Waals surface area contributed by atoms with E-state index in [0.717, 1.165) is 11.5 Å². The summed E-state index contributed by atoms with van der Waals surface area (Å²) < 4.78 is 16.8. The second-order valence-electron chi connectivity index (χ2n) is 5.87. The lowest BCUT2D eigenvalue weighted by atomic mass is 10.1. The van der Waals surface area contributed by atoms with E-state index in [1.807, 2.05) is 49.9 Å². The predicted octanol–water partition coefficient (Wildman–Crippen LogP) is 2.88. The lowest BCUT2D eigenvalue weighted by Crippen LogP contribution is -2.50. The highest BCUT2D eigenvalue weighted by molar-refractivity contribution is 5.76. The van der Waals surface area contributed by atoms with E-state index in [2.05, 4.69) is 0 Å². The highest BCUT2D eigenvalue weighted by atomic mass is 16.5.